The molecule has 0 spiro atoms. The number of para-hydroxylation sites is 1. The summed E-state index contributed by atoms with van der Waals surface area (Å²) in [7, 11) is 41.1. The molecule has 278 valence electrons. The maximum Gasteiger partial charge on any atom is 0.161 e. The number of rotatable bonds is 5. The smallest absolute Gasteiger partial charge is 0.161 e. The van der Waals surface area contributed by atoms with E-state index in [-0.39, 0.29) is 0 Å². The molecule has 12 aromatic rings. The van der Waals surface area contributed by atoms with Crippen LogP contribution < -0.4 is 32.8 Å². The summed E-state index contributed by atoms with van der Waals surface area (Å²) in [5, 5.41) is 4.74. The van der Waals surface area contributed by atoms with Crippen molar-refractivity contribution < 1.29 is 4.42 Å². The van der Waals surface area contributed by atoms with E-state index in [0.29, 0.717) is 60.7 Å². The topological polar surface area (TPSA) is 48.8 Å². The van der Waals surface area contributed by atoms with Gasteiger partial charge in [0.1, 0.15) is 58.2 Å². The lowest BCUT2D eigenvalue weighted by molar-refractivity contribution is 0.668. The van der Waals surface area contributed by atoms with Crippen LogP contribution in [0, 0.1) is 0 Å². The van der Waals surface area contributed by atoms with E-state index in [1.807, 2.05) is 109 Å². The molecule has 0 fully saturated rings. The first-order chi connectivity index (χ1) is 30.7. The normalized spacial score (nSPS) is 11.9. The standard InChI is InChI=1S/C52H26B6N4O/c53-29-21-35-44-46(57)47(58)45-36-22-30(54)24-38(56)49(36)62(51(45)50(44)61(48(35)37(55)23-29)31-15-8-3-9-16-31)32-19-20-33-42(25-32)63-41-18-10-17-34(43(33)41)52-59-39(27-11-4-1-5-12-27)26-40(60-52)28-13-6-2-7-14-28/h1-26H. The van der Waals surface area contributed by atoms with Gasteiger partial charge < -0.3 is 13.6 Å². The van der Waals surface area contributed by atoms with Gasteiger partial charge in [0.15, 0.2) is 5.82 Å². The Morgan fingerprint density at radius 3 is 1.48 bits per heavy atom. The molecule has 0 aliphatic carbocycles. The third-order valence-electron chi connectivity index (χ3n) is 12.1. The second-order valence-electron chi connectivity index (χ2n) is 15.9. The minimum atomic E-state index is 0.390. The molecule has 0 bridgehead atoms. The molecule has 8 aromatic carbocycles. The van der Waals surface area contributed by atoms with Gasteiger partial charge in [0, 0.05) is 77.5 Å². The van der Waals surface area contributed by atoms with Gasteiger partial charge in [0.25, 0.3) is 0 Å². The van der Waals surface area contributed by atoms with Gasteiger partial charge in [-0.1, -0.05) is 148 Å². The number of nitrogens with zero attached hydrogens (tertiary/aromatic N) is 4. The van der Waals surface area contributed by atoms with Crippen LogP contribution in [-0.2, 0) is 0 Å². The van der Waals surface area contributed by atoms with Gasteiger partial charge in [-0.3, -0.25) is 0 Å². The SMILES string of the molecule is [B]c1cc([B])c2c(c1)c1c([B])c([B])c3c4cc([B])cc([B])c4n(-c4ccc5c(c4)oc4cccc(-c6nc(-c7ccccc7)cc(-c7ccccc7)n6)c45)c3c1n2-c1ccccc1. The van der Waals surface area contributed by atoms with Crippen molar-refractivity contribution in [3.63, 3.8) is 0 Å². The van der Waals surface area contributed by atoms with Crippen molar-refractivity contribution in [2.45, 2.75) is 0 Å². The highest BCUT2D eigenvalue weighted by Gasteiger charge is 2.27. The summed E-state index contributed by atoms with van der Waals surface area (Å²) < 4.78 is 11.0. The Morgan fingerprint density at radius 1 is 0.397 bits per heavy atom. The number of aromatic nitrogens is 4. The van der Waals surface area contributed by atoms with Crippen LogP contribution in [0.25, 0.3) is 111 Å². The van der Waals surface area contributed by atoms with Crippen LogP contribution >= 0.6 is 0 Å². The van der Waals surface area contributed by atoms with Gasteiger partial charge in [0.05, 0.1) is 22.4 Å². The van der Waals surface area contributed by atoms with Crippen LogP contribution in [0.3, 0.4) is 0 Å². The van der Waals surface area contributed by atoms with Gasteiger partial charge in [-0.05, 0) is 36.4 Å². The lowest BCUT2D eigenvalue weighted by atomic mass is 9.74. The quantitative estimate of drug-likeness (QED) is 0.192. The first-order valence-electron chi connectivity index (χ1n) is 20.5. The fraction of sp³-hybridized carbons (Fsp3) is 0. The van der Waals surface area contributed by atoms with E-state index in [0.717, 1.165) is 82.9 Å². The van der Waals surface area contributed by atoms with E-state index >= 15 is 0 Å². The first-order valence-corrected chi connectivity index (χ1v) is 20.5. The largest absolute Gasteiger partial charge is 0.456 e. The molecule has 0 atom stereocenters. The van der Waals surface area contributed by atoms with Crippen molar-refractivity contribution in [2.75, 3.05) is 0 Å². The van der Waals surface area contributed by atoms with E-state index in [1.165, 1.54) is 0 Å². The maximum absolute atomic E-state index is 7.14. The summed E-state index contributed by atoms with van der Waals surface area (Å²) in [6.45, 7) is 0. The van der Waals surface area contributed by atoms with E-state index < -0.39 is 0 Å². The molecule has 0 saturated carbocycles. The van der Waals surface area contributed by atoms with E-state index in [4.69, 9.17) is 61.5 Å². The van der Waals surface area contributed by atoms with Crippen molar-refractivity contribution in [3.05, 3.63) is 158 Å². The molecule has 12 radical (unpaired) electrons. The average Bonchev–Trinajstić information content (AvgIpc) is 3.97. The molecule has 0 aliphatic rings. The number of fused-ring (bicyclic) bond motifs is 10. The lowest BCUT2D eigenvalue weighted by Crippen LogP contribution is -2.27. The molecular weight excluding hydrogens is 761 g/mol. The second kappa shape index (κ2) is 14.1. The van der Waals surface area contributed by atoms with Crippen LogP contribution in [0.4, 0.5) is 0 Å². The average molecular weight is 788 g/mol. The summed E-state index contributed by atoms with van der Waals surface area (Å²) >= 11 is 0. The number of furan rings is 1. The zero-order valence-electron chi connectivity index (χ0n) is 33.7. The van der Waals surface area contributed by atoms with Crippen LogP contribution in [0.5, 0.6) is 0 Å². The number of benzene rings is 8. The predicted molar refractivity (Wildman–Crippen MR) is 267 cm³/mol. The van der Waals surface area contributed by atoms with Gasteiger partial charge in [-0.25, -0.2) is 9.97 Å². The van der Waals surface area contributed by atoms with Crippen molar-refractivity contribution in [3.8, 4) is 45.3 Å². The molecule has 0 amide bonds. The van der Waals surface area contributed by atoms with Crippen molar-refractivity contribution >= 4 is 145 Å². The minimum absolute atomic E-state index is 0.390. The molecule has 12 rings (SSSR count). The highest BCUT2D eigenvalue weighted by molar-refractivity contribution is 6.61. The Kier molecular flexibility index (Phi) is 8.36. The van der Waals surface area contributed by atoms with Crippen LogP contribution in [-0.4, -0.2) is 66.2 Å². The second-order valence-corrected chi connectivity index (χ2v) is 15.9. The molecule has 0 N–H and O–H groups in total. The Balaban J connectivity index is 1.17. The summed E-state index contributed by atoms with van der Waals surface area (Å²) in [6, 6.07) is 51.9. The molecule has 0 saturated heterocycles. The molecule has 4 heterocycles. The highest BCUT2D eigenvalue weighted by Crippen LogP contribution is 2.42. The van der Waals surface area contributed by atoms with E-state index in [9.17, 15) is 0 Å². The van der Waals surface area contributed by atoms with Crippen molar-refractivity contribution in [1.29, 1.82) is 0 Å². The van der Waals surface area contributed by atoms with Crippen LogP contribution in [0.1, 0.15) is 0 Å². The van der Waals surface area contributed by atoms with Crippen molar-refractivity contribution in [2.24, 2.45) is 0 Å². The van der Waals surface area contributed by atoms with Gasteiger partial charge in [-0.15, -0.1) is 0 Å². The van der Waals surface area contributed by atoms with E-state index in [2.05, 4.69) is 45.5 Å². The monoisotopic (exact) mass is 788 g/mol. The maximum atomic E-state index is 7.14. The molecule has 11 heteroatoms. The molecule has 4 aromatic heterocycles. The summed E-state index contributed by atoms with van der Waals surface area (Å²) in [6.07, 6.45) is 0. The Morgan fingerprint density at radius 2 is 0.921 bits per heavy atom. The van der Waals surface area contributed by atoms with Gasteiger partial charge >= 0.3 is 0 Å². The minimum Gasteiger partial charge on any atom is -0.456 e. The molecule has 0 unspecified atom stereocenters. The fourth-order valence-electron chi connectivity index (χ4n) is 9.52. The Bertz CT molecular complexity index is 3800. The molecule has 0 aliphatic heterocycles. The van der Waals surface area contributed by atoms with Crippen LogP contribution in [0.15, 0.2) is 162 Å². The number of hydrogen-bond acceptors (Lipinski definition) is 3. The summed E-state index contributed by atoms with van der Waals surface area (Å²) in [5.41, 5.74) is 13.2. The number of hydrogen-bond donors (Lipinski definition) is 0. The molecule has 5 nitrogen and oxygen atoms in total. The van der Waals surface area contributed by atoms with E-state index in [1.54, 1.807) is 12.1 Å². The van der Waals surface area contributed by atoms with Crippen LogP contribution in [0.2, 0.25) is 0 Å². The summed E-state index contributed by atoms with van der Waals surface area (Å²) in [4.78, 5) is 10.3. The zero-order chi connectivity index (χ0) is 42.7. The van der Waals surface area contributed by atoms with Crippen molar-refractivity contribution in [1.82, 2.24) is 19.1 Å². The lowest BCUT2D eigenvalue weighted by Gasteiger charge is -2.16. The first kappa shape index (κ1) is 37.4. The zero-order valence-corrected chi connectivity index (χ0v) is 33.7. The molecule has 63 heavy (non-hydrogen) atoms. The van der Waals surface area contributed by atoms with Gasteiger partial charge in [0.2, 0.25) is 0 Å². The third kappa shape index (κ3) is 5.65. The van der Waals surface area contributed by atoms with Gasteiger partial charge in [-0.2, -0.15) is 0 Å². The Hall–Kier alpha value is -7.37. The molecular formula is C52H26B6N4O. The Labute approximate surface area is 370 Å². The predicted octanol–water partition coefficient (Wildman–Crippen LogP) is 6.33. The fourth-order valence-corrected chi connectivity index (χ4v) is 9.52. The third-order valence-corrected chi connectivity index (χ3v) is 12.1. The summed E-state index contributed by atoms with van der Waals surface area (Å²) in [5.74, 6) is 0.587. The highest BCUT2D eigenvalue weighted by atomic mass is 16.3.